The molecule has 0 spiro atoms. The van der Waals surface area contributed by atoms with Crippen LogP contribution in [0.2, 0.25) is 0 Å². The number of hydrogen-bond donors (Lipinski definition) is 0. The van der Waals surface area contributed by atoms with Crippen LogP contribution in [0.25, 0.3) is 0 Å². The van der Waals surface area contributed by atoms with Gasteiger partial charge in [0.2, 0.25) is 0 Å². The number of benzene rings is 2. The Bertz CT molecular complexity index is 910. The number of ether oxygens (including phenoxy) is 2. The van der Waals surface area contributed by atoms with E-state index in [0.29, 0.717) is 11.3 Å². The number of halogens is 1. The molecule has 0 unspecified atom stereocenters. The van der Waals surface area contributed by atoms with Crippen LogP contribution < -0.4 is 9.47 Å². The molecule has 3 rings (SSSR count). The molecule has 0 atom stereocenters. The minimum Gasteiger partial charge on any atom is -0.493 e. The molecule has 1 heterocycles. The van der Waals surface area contributed by atoms with E-state index in [1.807, 2.05) is 0 Å². The third-order valence-electron chi connectivity index (χ3n) is 3.23. The van der Waals surface area contributed by atoms with Gasteiger partial charge in [0.15, 0.2) is 11.5 Å². The molecule has 0 aliphatic rings. The van der Waals surface area contributed by atoms with E-state index in [1.165, 1.54) is 42.6 Å². The highest BCUT2D eigenvalue weighted by molar-refractivity contribution is 5.92. The first-order chi connectivity index (χ1) is 12.2. The Hall–Kier alpha value is -3.55. The lowest BCUT2D eigenvalue weighted by atomic mass is 10.2. The van der Waals surface area contributed by atoms with E-state index in [-0.39, 0.29) is 11.3 Å². The number of esters is 1. The third kappa shape index (κ3) is 3.86. The summed E-state index contributed by atoms with van der Waals surface area (Å²) >= 11 is 0. The summed E-state index contributed by atoms with van der Waals surface area (Å²) in [5.74, 6) is -0.957. The van der Waals surface area contributed by atoms with Crippen molar-refractivity contribution in [2.75, 3.05) is 7.11 Å². The van der Waals surface area contributed by atoms with Gasteiger partial charge < -0.3 is 9.47 Å². The van der Waals surface area contributed by atoms with Crippen LogP contribution in [0.4, 0.5) is 4.39 Å². The Morgan fingerprint density at radius 2 is 1.92 bits per heavy atom. The summed E-state index contributed by atoms with van der Waals surface area (Å²) in [7, 11) is 1.44. The fourth-order valence-electron chi connectivity index (χ4n) is 2.02. The predicted molar refractivity (Wildman–Crippen MR) is 87.4 cm³/mol. The van der Waals surface area contributed by atoms with E-state index in [4.69, 9.17) is 9.47 Å². The standard InChI is InChI=1S/C17H13FN4O3/c1-24-16-8-12(9-21-22-10-19-20-11-22)6-7-15(16)25-17(23)13-4-2-3-5-14(13)18/h2-11H,1H3. The van der Waals surface area contributed by atoms with Crippen LogP contribution in [0.15, 0.2) is 60.2 Å². The maximum Gasteiger partial charge on any atom is 0.346 e. The number of rotatable bonds is 5. The molecule has 0 aliphatic carbocycles. The second-order valence-corrected chi connectivity index (χ2v) is 4.87. The average Bonchev–Trinajstić information content (AvgIpc) is 3.14. The van der Waals surface area contributed by atoms with Crippen molar-refractivity contribution in [1.82, 2.24) is 14.9 Å². The van der Waals surface area contributed by atoms with Crippen molar-refractivity contribution < 1.29 is 18.7 Å². The van der Waals surface area contributed by atoms with Gasteiger partial charge in [0.25, 0.3) is 0 Å². The highest BCUT2D eigenvalue weighted by Gasteiger charge is 2.16. The van der Waals surface area contributed by atoms with Crippen molar-refractivity contribution >= 4 is 12.2 Å². The summed E-state index contributed by atoms with van der Waals surface area (Å²) in [6.07, 6.45) is 4.45. The van der Waals surface area contributed by atoms with Crippen LogP contribution in [0.5, 0.6) is 11.5 Å². The van der Waals surface area contributed by atoms with Crippen LogP contribution in [0, 0.1) is 5.82 Å². The number of methoxy groups -OCH3 is 1. The SMILES string of the molecule is COc1cc(C=Nn2cnnc2)ccc1OC(=O)c1ccccc1F. The maximum absolute atomic E-state index is 13.7. The van der Waals surface area contributed by atoms with Gasteiger partial charge in [-0.2, -0.15) is 5.10 Å². The molecule has 1 aromatic heterocycles. The van der Waals surface area contributed by atoms with Gasteiger partial charge in [0.1, 0.15) is 18.5 Å². The van der Waals surface area contributed by atoms with E-state index in [1.54, 1.807) is 30.5 Å². The lowest BCUT2D eigenvalue weighted by Gasteiger charge is -2.10. The van der Waals surface area contributed by atoms with Crippen molar-refractivity contribution in [3.8, 4) is 11.5 Å². The molecular formula is C17H13FN4O3. The van der Waals surface area contributed by atoms with Crippen LogP contribution in [0.3, 0.4) is 0 Å². The van der Waals surface area contributed by atoms with E-state index in [0.717, 1.165) is 0 Å². The summed E-state index contributed by atoms with van der Waals surface area (Å²) in [6.45, 7) is 0. The minimum absolute atomic E-state index is 0.150. The number of carbonyl (C=O) groups excluding carboxylic acids is 1. The fourth-order valence-corrected chi connectivity index (χ4v) is 2.02. The molecule has 0 N–H and O–H groups in total. The summed E-state index contributed by atoms with van der Waals surface area (Å²) in [5.41, 5.74) is 0.555. The van der Waals surface area contributed by atoms with Gasteiger partial charge in [-0.3, -0.25) is 0 Å². The smallest absolute Gasteiger partial charge is 0.346 e. The fraction of sp³-hybridized carbons (Fsp3) is 0.0588. The molecule has 0 fully saturated rings. The van der Waals surface area contributed by atoms with Gasteiger partial charge >= 0.3 is 5.97 Å². The Morgan fingerprint density at radius 1 is 1.16 bits per heavy atom. The number of hydrogen-bond acceptors (Lipinski definition) is 6. The molecular weight excluding hydrogens is 327 g/mol. The van der Waals surface area contributed by atoms with Crippen LogP contribution in [0.1, 0.15) is 15.9 Å². The molecule has 3 aromatic rings. The topological polar surface area (TPSA) is 78.6 Å². The zero-order valence-electron chi connectivity index (χ0n) is 13.2. The lowest BCUT2D eigenvalue weighted by molar-refractivity contribution is 0.0725. The zero-order chi connectivity index (χ0) is 17.6. The van der Waals surface area contributed by atoms with Crippen molar-refractivity contribution in [1.29, 1.82) is 0 Å². The van der Waals surface area contributed by atoms with E-state index >= 15 is 0 Å². The molecule has 2 aromatic carbocycles. The normalized spacial score (nSPS) is 10.8. The monoisotopic (exact) mass is 340 g/mol. The summed E-state index contributed by atoms with van der Waals surface area (Å²) < 4.78 is 25.6. The highest BCUT2D eigenvalue weighted by atomic mass is 19.1. The second kappa shape index (κ2) is 7.35. The summed E-state index contributed by atoms with van der Waals surface area (Å²) in [4.78, 5) is 12.1. The average molecular weight is 340 g/mol. The van der Waals surface area contributed by atoms with E-state index < -0.39 is 11.8 Å². The van der Waals surface area contributed by atoms with Gasteiger partial charge in [0, 0.05) is 0 Å². The Balaban J connectivity index is 1.80. The third-order valence-corrected chi connectivity index (χ3v) is 3.23. The molecule has 7 nitrogen and oxygen atoms in total. The quantitative estimate of drug-likeness (QED) is 0.405. The Kier molecular flexibility index (Phi) is 4.79. The minimum atomic E-state index is -0.803. The molecule has 0 saturated heterocycles. The van der Waals surface area contributed by atoms with Crippen molar-refractivity contribution in [3.05, 3.63) is 72.1 Å². The molecule has 25 heavy (non-hydrogen) atoms. The first-order valence-electron chi connectivity index (χ1n) is 7.21. The van der Waals surface area contributed by atoms with Gasteiger partial charge in [-0.25, -0.2) is 13.9 Å². The van der Waals surface area contributed by atoms with Crippen molar-refractivity contribution in [2.24, 2.45) is 5.10 Å². The second-order valence-electron chi connectivity index (χ2n) is 4.87. The molecule has 0 radical (unpaired) electrons. The lowest BCUT2D eigenvalue weighted by Crippen LogP contribution is -2.11. The van der Waals surface area contributed by atoms with Crippen LogP contribution >= 0.6 is 0 Å². The van der Waals surface area contributed by atoms with E-state index in [2.05, 4.69) is 15.3 Å². The van der Waals surface area contributed by atoms with Crippen LogP contribution in [-0.2, 0) is 0 Å². The number of carbonyl (C=O) groups is 1. The van der Waals surface area contributed by atoms with Gasteiger partial charge in [-0.05, 0) is 35.9 Å². The molecule has 0 aliphatic heterocycles. The largest absolute Gasteiger partial charge is 0.493 e. The highest BCUT2D eigenvalue weighted by Crippen LogP contribution is 2.28. The summed E-state index contributed by atoms with van der Waals surface area (Å²) in [5, 5.41) is 11.4. The number of nitrogens with zero attached hydrogens (tertiary/aromatic N) is 4. The molecule has 126 valence electrons. The predicted octanol–water partition coefficient (Wildman–Crippen LogP) is 2.53. The summed E-state index contributed by atoms with van der Waals surface area (Å²) in [6, 6.07) is 10.5. The Morgan fingerprint density at radius 3 is 2.64 bits per heavy atom. The Labute approximate surface area is 142 Å². The van der Waals surface area contributed by atoms with Crippen molar-refractivity contribution in [2.45, 2.75) is 0 Å². The molecule has 0 saturated carbocycles. The first kappa shape index (κ1) is 16.3. The zero-order valence-corrected chi connectivity index (χ0v) is 13.2. The van der Waals surface area contributed by atoms with Gasteiger partial charge in [0.05, 0.1) is 18.9 Å². The van der Waals surface area contributed by atoms with Gasteiger partial charge in [-0.15, -0.1) is 10.2 Å². The van der Waals surface area contributed by atoms with Crippen molar-refractivity contribution in [3.63, 3.8) is 0 Å². The molecule has 0 bridgehead atoms. The maximum atomic E-state index is 13.7. The number of aromatic nitrogens is 3. The van der Waals surface area contributed by atoms with Gasteiger partial charge in [-0.1, -0.05) is 12.1 Å². The van der Waals surface area contributed by atoms with Crippen LogP contribution in [-0.4, -0.2) is 34.2 Å². The first-order valence-corrected chi connectivity index (χ1v) is 7.21. The molecule has 8 heteroatoms. The molecule has 0 amide bonds. The van der Waals surface area contributed by atoms with E-state index in [9.17, 15) is 9.18 Å².